The van der Waals surface area contributed by atoms with Gasteiger partial charge in [0.15, 0.2) is 0 Å². The molecule has 1 unspecified atom stereocenters. The van der Waals surface area contributed by atoms with E-state index in [1.54, 1.807) is 33.5 Å². The molecule has 0 heterocycles. The van der Waals surface area contributed by atoms with Crippen LogP contribution in [0.1, 0.15) is 19.4 Å². The van der Waals surface area contributed by atoms with Crippen LogP contribution in [0.15, 0.2) is 18.2 Å². The zero-order valence-corrected chi connectivity index (χ0v) is 11.7. The third-order valence-corrected chi connectivity index (χ3v) is 3.19. The fourth-order valence-corrected chi connectivity index (χ4v) is 1.93. The number of rotatable bonds is 6. The molecule has 0 amide bonds. The van der Waals surface area contributed by atoms with E-state index in [1.807, 2.05) is 19.9 Å². The zero-order chi connectivity index (χ0) is 13.8. The van der Waals surface area contributed by atoms with Crippen LogP contribution < -0.4 is 9.47 Å². The zero-order valence-electron chi connectivity index (χ0n) is 11.7. The molecule has 1 aromatic rings. The summed E-state index contributed by atoms with van der Waals surface area (Å²) in [5.41, 5.74) is -0.366. The van der Waals surface area contributed by atoms with Crippen LogP contribution >= 0.6 is 0 Å². The van der Waals surface area contributed by atoms with Crippen molar-refractivity contribution in [2.45, 2.75) is 19.4 Å². The number of methoxy groups -OCH3 is 3. The highest BCUT2D eigenvalue weighted by Gasteiger charge is 2.36. The lowest BCUT2D eigenvalue weighted by molar-refractivity contribution is -0.0713. The molecule has 0 aliphatic carbocycles. The Bertz CT molecular complexity index is 389. The smallest absolute Gasteiger partial charge is 0.128 e. The normalized spacial score (nSPS) is 14.4. The summed E-state index contributed by atoms with van der Waals surface area (Å²) in [6.07, 6.45) is 0. The van der Waals surface area contributed by atoms with Crippen LogP contribution in [-0.2, 0) is 10.3 Å². The molecule has 0 fully saturated rings. The first kappa shape index (κ1) is 14.8. The minimum atomic E-state index is -1.08. The lowest BCUT2D eigenvalue weighted by atomic mass is 9.83. The quantitative estimate of drug-likeness (QED) is 0.845. The van der Waals surface area contributed by atoms with Gasteiger partial charge in [-0.15, -0.1) is 0 Å². The molecule has 0 aliphatic rings. The first-order valence-electron chi connectivity index (χ1n) is 5.93. The molecule has 0 saturated carbocycles. The third-order valence-electron chi connectivity index (χ3n) is 3.19. The van der Waals surface area contributed by atoms with Crippen molar-refractivity contribution in [1.29, 1.82) is 0 Å². The van der Waals surface area contributed by atoms with Crippen molar-refractivity contribution in [1.82, 2.24) is 0 Å². The number of aliphatic hydroxyl groups is 1. The highest BCUT2D eigenvalue weighted by molar-refractivity contribution is 5.44. The van der Waals surface area contributed by atoms with Gasteiger partial charge in [0.25, 0.3) is 0 Å². The molecule has 0 saturated heterocycles. The molecular formula is C14H22O4. The average molecular weight is 254 g/mol. The van der Waals surface area contributed by atoms with Crippen LogP contribution in [0, 0.1) is 5.92 Å². The summed E-state index contributed by atoms with van der Waals surface area (Å²) in [5.74, 6) is 1.29. The van der Waals surface area contributed by atoms with Gasteiger partial charge in [-0.1, -0.05) is 13.8 Å². The first-order valence-corrected chi connectivity index (χ1v) is 5.93. The second-order valence-electron chi connectivity index (χ2n) is 4.58. The SMILES string of the molecule is COCC(O)(c1ccc(OC)cc1OC)C(C)C. The topological polar surface area (TPSA) is 47.9 Å². The monoisotopic (exact) mass is 254 g/mol. The van der Waals surface area contributed by atoms with Gasteiger partial charge in [-0.3, -0.25) is 0 Å². The highest BCUT2D eigenvalue weighted by Crippen LogP contribution is 2.37. The molecule has 0 aromatic heterocycles. The third kappa shape index (κ3) is 2.76. The second-order valence-corrected chi connectivity index (χ2v) is 4.58. The predicted octanol–water partition coefficient (Wildman–Crippen LogP) is 2.19. The number of hydrogen-bond donors (Lipinski definition) is 1. The van der Waals surface area contributed by atoms with Crippen molar-refractivity contribution in [2.24, 2.45) is 5.92 Å². The maximum absolute atomic E-state index is 10.8. The average Bonchev–Trinajstić information content (AvgIpc) is 2.37. The Kier molecular flexibility index (Phi) is 4.99. The van der Waals surface area contributed by atoms with Crippen molar-refractivity contribution in [3.8, 4) is 11.5 Å². The molecule has 1 N–H and O–H groups in total. The number of ether oxygens (including phenoxy) is 3. The molecule has 0 bridgehead atoms. The Labute approximate surface area is 108 Å². The summed E-state index contributed by atoms with van der Waals surface area (Å²) in [7, 11) is 4.74. The van der Waals surface area contributed by atoms with E-state index in [2.05, 4.69) is 0 Å². The van der Waals surface area contributed by atoms with E-state index in [4.69, 9.17) is 14.2 Å². The van der Waals surface area contributed by atoms with Crippen LogP contribution in [0.4, 0.5) is 0 Å². The lowest BCUT2D eigenvalue weighted by Crippen LogP contribution is -2.37. The van der Waals surface area contributed by atoms with Gasteiger partial charge in [-0.05, 0) is 18.1 Å². The standard InChI is InChI=1S/C14H22O4/c1-10(2)14(15,9-16-3)12-7-6-11(17-4)8-13(12)18-5/h6-8,10,15H,9H2,1-5H3. The van der Waals surface area contributed by atoms with Gasteiger partial charge in [-0.2, -0.15) is 0 Å². The van der Waals surface area contributed by atoms with Crippen molar-refractivity contribution in [3.05, 3.63) is 23.8 Å². The fraction of sp³-hybridized carbons (Fsp3) is 0.571. The molecule has 1 aromatic carbocycles. The van der Waals surface area contributed by atoms with Crippen LogP contribution in [0.3, 0.4) is 0 Å². The van der Waals surface area contributed by atoms with E-state index in [1.165, 1.54) is 0 Å². The van der Waals surface area contributed by atoms with Gasteiger partial charge < -0.3 is 19.3 Å². The minimum Gasteiger partial charge on any atom is -0.497 e. The summed E-state index contributed by atoms with van der Waals surface area (Å²) in [5, 5.41) is 10.8. The predicted molar refractivity (Wildman–Crippen MR) is 70.2 cm³/mol. The van der Waals surface area contributed by atoms with Crippen LogP contribution in [0.25, 0.3) is 0 Å². The van der Waals surface area contributed by atoms with E-state index >= 15 is 0 Å². The molecule has 102 valence electrons. The van der Waals surface area contributed by atoms with Crippen molar-refractivity contribution in [3.63, 3.8) is 0 Å². The number of benzene rings is 1. The Hall–Kier alpha value is -1.26. The summed E-state index contributed by atoms with van der Waals surface area (Å²) in [4.78, 5) is 0. The summed E-state index contributed by atoms with van der Waals surface area (Å²) < 4.78 is 15.6. The van der Waals surface area contributed by atoms with Gasteiger partial charge in [0.2, 0.25) is 0 Å². The Morgan fingerprint density at radius 3 is 2.28 bits per heavy atom. The van der Waals surface area contributed by atoms with Gasteiger partial charge in [-0.25, -0.2) is 0 Å². The van der Waals surface area contributed by atoms with Gasteiger partial charge in [0.05, 0.1) is 20.8 Å². The van der Waals surface area contributed by atoms with Gasteiger partial charge >= 0.3 is 0 Å². The van der Waals surface area contributed by atoms with E-state index in [9.17, 15) is 5.11 Å². The maximum Gasteiger partial charge on any atom is 0.128 e. The summed E-state index contributed by atoms with van der Waals surface area (Å²) >= 11 is 0. The van der Waals surface area contributed by atoms with E-state index < -0.39 is 5.60 Å². The maximum atomic E-state index is 10.8. The van der Waals surface area contributed by atoms with Crippen molar-refractivity contribution < 1.29 is 19.3 Å². The number of hydrogen-bond acceptors (Lipinski definition) is 4. The first-order chi connectivity index (χ1) is 8.49. The molecule has 0 radical (unpaired) electrons. The molecule has 1 atom stereocenters. The van der Waals surface area contributed by atoms with Crippen LogP contribution in [0.5, 0.6) is 11.5 Å². The van der Waals surface area contributed by atoms with E-state index in [-0.39, 0.29) is 12.5 Å². The van der Waals surface area contributed by atoms with Gasteiger partial charge in [0.1, 0.15) is 17.1 Å². The molecule has 18 heavy (non-hydrogen) atoms. The lowest BCUT2D eigenvalue weighted by Gasteiger charge is -2.33. The Balaban J connectivity index is 3.27. The Morgan fingerprint density at radius 1 is 1.17 bits per heavy atom. The van der Waals surface area contributed by atoms with E-state index in [0.717, 1.165) is 0 Å². The van der Waals surface area contributed by atoms with Crippen molar-refractivity contribution in [2.75, 3.05) is 27.9 Å². The molecule has 1 rings (SSSR count). The largest absolute Gasteiger partial charge is 0.497 e. The molecule has 4 heteroatoms. The Morgan fingerprint density at radius 2 is 1.83 bits per heavy atom. The van der Waals surface area contributed by atoms with Gasteiger partial charge in [0, 0.05) is 18.7 Å². The molecule has 0 spiro atoms. The van der Waals surface area contributed by atoms with Crippen molar-refractivity contribution >= 4 is 0 Å². The highest BCUT2D eigenvalue weighted by atomic mass is 16.5. The minimum absolute atomic E-state index is 0.000236. The summed E-state index contributed by atoms with van der Waals surface area (Å²) in [6, 6.07) is 5.38. The van der Waals surface area contributed by atoms with Crippen LogP contribution in [0.2, 0.25) is 0 Å². The van der Waals surface area contributed by atoms with Crippen LogP contribution in [-0.4, -0.2) is 33.0 Å². The van der Waals surface area contributed by atoms with E-state index in [0.29, 0.717) is 17.1 Å². The molecule has 0 aliphatic heterocycles. The second kappa shape index (κ2) is 6.07. The fourth-order valence-electron chi connectivity index (χ4n) is 1.93. The summed E-state index contributed by atoms with van der Waals surface area (Å²) in [6.45, 7) is 4.11. The molecule has 4 nitrogen and oxygen atoms in total. The molecular weight excluding hydrogens is 232 g/mol.